The van der Waals surface area contributed by atoms with Crippen LogP contribution in [0.1, 0.15) is 0 Å². The summed E-state index contributed by atoms with van der Waals surface area (Å²) in [6, 6.07) is 0. The minimum absolute atomic E-state index is 1.46. The van der Waals surface area contributed by atoms with Gasteiger partial charge in [0.1, 0.15) is 0 Å². The first kappa shape index (κ1) is 11.0. The molecular weight excluding hydrogens is 189 g/mol. The minimum Gasteiger partial charge on any atom is -0.196 e. The van der Waals surface area contributed by atoms with Gasteiger partial charge in [-0.1, -0.05) is 9.05 Å². The zero-order valence-corrected chi connectivity index (χ0v) is 6.63. The van der Waals surface area contributed by atoms with E-state index in [-0.39, 0.29) is 0 Å². The van der Waals surface area contributed by atoms with Crippen molar-refractivity contribution in [3.05, 3.63) is 0 Å². The third-order valence-electron chi connectivity index (χ3n) is 0.619. The topological polar surface area (TPSA) is 35.5 Å². The Kier molecular flexibility index (Phi) is 5.16. The Morgan fingerprint density at radius 3 is 1.75 bits per heavy atom. The maximum Gasteiger partial charge on any atom is 0.705 e. The highest BCUT2D eigenvalue weighted by atomic mass is 31.1. The molecule has 0 aliphatic carbocycles. The normalized spacial score (nSPS) is 15.5. The van der Waals surface area contributed by atoms with E-state index in [4.69, 9.17) is 0 Å². The van der Waals surface area contributed by atoms with Gasteiger partial charge in [-0.05, 0) is 11.8 Å². The number of terminal acetylenes is 2. The van der Waals surface area contributed by atoms with E-state index in [9.17, 15) is 13.3 Å². The predicted octanol–water partition coefficient (Wildman–Crippen LogP) is 1.53. The summed E-state index contributed by atoms with van der Waals surface area (Å²) in [5.74, 6) is 2.92. The number of halogens is 2. The molecule has 6 heteroatoms. The van der Waals surface area contributed by atoms with Crippen molar-refractivity contribution in [2.75, 3.05) is 0 Å². The molecule has 0 aliphatic heterocycles. The van der Waals surface area contributed by atoms with Crippen LogP contribution in [0.2, 0.25) is 0 Å². The van der Waals surface area contributed by atoms with Crippen LogP contribution < -0.4 is 0 Å². The van der Waals surface area contributed by atoms with E-state index in [0.717, 1.165) is 0 Å². The zero-order chi connectivity index (χ0) is 9.56. The largest absolute Gasteiger partial charge is 0.705 e. The Labute approximate surface area is 69.0 Å². The molecule has 0 saturated carbocycles. The number of rotatable bonds is 4. The first-order valence-corrected chi connectivity index (χ1v) is 3.71. The summed E-state index contributed by atoms with van der Waals surface area (Å²) in [5, 5.41) is 0. The number of hydrogen-bond donors (Lipinski definition) is 0. The van der Waals surface area contributed by atoms with Crippen LogP contribution in [0.4, 0.5) is 8.78 Å². The van der Waals surface area contributed by atoms with Crippen molar-refractivity contribution in [3.8, 4) is 24.7 Å². The van der Waals surface area contributed by atoms with Crippen molar-refractivity contribution >= 4 is 8.25 Å². The quantitative estimate of drug-likeness (QED) is 0.501. The molecule has 0 radical (unpaired) electrons. The van der Waals surface area contributed by atoms with Crippen molar-refractivity contribution in [1.82, 2.24) is 0 Å². The van der Waals surface area contributed by atoms with Crippen molar-refractivity contribution in [1.29, 1.82) is 0 Å². The van der Waals surface area contributed by atoms with Crippen LogP contribution >= 0.6 is 8.25 Å². The molecule has 3 nitrogen and oxygen atoms in total. The lowest BCUT2D eigenvalue weighted by molar-refractivity contribution is 0.0644. The van der Waals surface area contributed by atoms with Crippen LogP contribution in [0.25, 0.3) is 0 Å². The molecule has 0 aromatic heterocycles. The van der Waals surface area contributed by atoms with E-state index in [2.05, 4.69) is 21.9 Å². The Morgan fingerprint density at radius 1 is 1.17 bits per heavy atom. The second-order valence-electron chi connectivity index (χ2n) is 1.40. The fraction of sp³-hybridized carbons (Fsp3) is 0.333. The maximum atomic E-state index is 12.0. The highest BCUT2D eigenvalue weighted by Gasteiger charge is 2.30. The van der Waals surface area contributed by atoms with Gasteiger partial charge in [0.2, 0.25) is 0 Å². The van der Waals surface area contributed by atoms with Gasteiger partial charge in [-0.2, -0.15) is 8.78 Å². The fourth-order valence-corrected chi connectivity index (χ4v) is 0.710. The molecule has 0 heterocycles. The molecule has 0 spiro atoms. The van der Waals surface area contributed by atoms with Gasteiger partial charge >= 0.3 is 21.0 Å². The van der Waals surface area contributed by atoms with Gasteiger partial charge in [0.25, 0.3) is 0 Å². The first-order valence-electron chi connectivity index (χ1n) is 2.61. The SMILES string of the molecule is C#CC(F)O[P+](=O)OC(F)C#C. The molecule has 0 aromatic rings. The molecule has 2 unspecified atom stereocenters. The lowest BCUT2D eigenvalue weighted by Gasteiger charge is -1.90. The highest BCUT2D eigenvalue weighted by Crippen LogP contribution is 2.28. The van der Waals surface area contributed by atoms with Gasteiger partial charge in [-0.25, -0.2) is 0 Å². The van der Waals surface area contributed by atoms with Crippen molar-refractivity contribution in [2.45, 2.75) is 12.7 Å². The van der Waals surface area contributed by atoms with Gasteiger partial charge in [-0.15, -0.1) is 12.8 Å². The molecule has 2 atom stereocenters. The molecule has 64 valence electrons. The van der Waals surface area contributed by atoms with Crippen molar-refractivity contribution in [2.24, 2.45) is 0 Å². The summed E-state index contributed by atoms with van der Waals surface area (Å²) >= 11 is 0. The maximum absolute atomic E-state index is 12.0. The number of hydrogen-bond acceptors (Lipinski definition) is 3. The van der Waals surface area contributed by atoms with Gasteiger partial charge in [-0.3, -0.25) is 0 Å². The van der Waals surface area contributed by atoms with E-state index in [1.807, 2.05) is 0 Å². The van der Waals surface area contributed by atoms with E-state index in [1.165, 1.54) is 11.8 Å². The van der Waals surface area contributed by atoms with Crippen LogP contribution in [0, 0.1) is 24.7 Å². The van der Waals surface area contributed by atoms with Gasteiger partial charge < -0.3 is 0 Å². The van der Waals surface area contributed by atoms with Gasteiger partial charge in [0, 0.05) is 4.57 Å². The molecule has 0 aromatic carbocycles. The lowest BCUT2D eigenvalue weighted by atomic mass is 10.7. The van der Waals surface area contributed by atoms with E-state index in [1.54, 1.807) is 0 Å². The second kappa shape index (κ2) is 5.62. The van der Waals surface area contributed by atoms with Gasteiger partial charge in [0.05, 0.1) is 0 Å². The molecule has 0 rings (SSSR count). The van der Waals surface area contributed by atoms with Crippen LogP contribution in [0.5, 0.6) is 0 Å². The highest BCUT2D eigenvalue weighted by molar-refractivity contribution is 7.33. The van der Waals surface area contributed by atoms with Crippen molar-refractivity contribution < 1.29 is 22.4 Å². The second-order valence-corrected chi connectivity index (χ2v) is 2.27. The molecule has 0 N–H and O–H groups in total. The van der Waals surface area contributed by atoms with Crippen LogP contribution in [0.15, 0.2) is 0 Å². The summed E-state index contributed by atoms with van der Waals surface area (Å²) in [7, 11) is -2.96. The molecule has 0 bridgehead atoms. The third-order valence-corrected chi connectivity index (χ3v) is 1.33. The molecule has 0 fully saturated rings. The van der Waals surface area contributed by atoms with Crippen LogP contribution in [-0.4, -0.2) is 12.7 Å². The van der Waals surface area contributed by atoms with Crippen LogP contribution in [-0.2, 0) is 13.6 Å². The average Bonchev–Trinajstić information content (AvgIpc) is 2.03. The summed E-state index contributed by atoms with van der Waals surface area (Å²) in [6.45, 7) is 0. The minimum atomic E-state index is -2.96. The van der Waals surface area contributed by atoms with Crippen molar-refractivity contribution in [3.63, 3.8) is 0 Å². The Morgan fingerprint density at radius 2 is 1.50 bits per heavy atom. The monoisotopic (exact) mass is 193 g/mol. The van der Waals surface area contributed by atoms with E-state index in [0.29, 0.717) is 0 Å². The Balaban J connectivity index is 3.78. The zero-order valence-electron chi connectivity index (χ0n) is 5.74. The summed E-state index contributed by atoms with van der Waals surface area (Å²) < 4.78 is 42.1. The summed E-state index contributed by atoms with van der Waals surface area (Å²) in [4.78, 5) is 0. The van der Waals surface area contributed by atoms with E-state index >= 15 is 0 Å². The van der Waals surface area contributed by atoms with Gasteiger partial charge in [0.15, 0.2) is 0 Å². The standard InChI is InChI=1S/C6H4F2O3P/c1-3-5(7)10-12(9)11-6(8)4-2/h1-2,5-6H/q+1. The summed E-state index contributed by atoms with van der Waals surface area (Å²) in [5.41, 5.74) is 0. The molecular formula is C6H4F2O3P+. The third kappa shape index (κ3) is 4.76. The smallest absolute Gasteiger partial charge is 0.196 e. The molecule has 0 amide bonds. The lowest BCUT2D eigenvalue weighted by Crippen LogP contribution is -2.01. The summed E-state index contributed by atoms with van der Waals surface area (Å²) in [6.07, 6.45) is 4.64. The molecule has 12 heavy (non-hydrogen) atoms. The Hall–Kier alpha value is -1.00. The number of alkyl halides is 2. The first-order chi connectivity index (χ1) is 5.60. The van der Waals surface area contributed by atoms with Crippen LogP contribution in [0.3, 0.4) is 0 Å². The van der Waals surface area contributed by atoms with E-state index < -0.39 is 21.0 Å². The predicted molar refractivity (Wildman–Crippen MR) is 37.2 cm³/mol. The Bertz CT molecular complexity index is 218. The fourth-order valence-electron chi connectivity index (χ4n) is 0.237. The molecule has 0 aliphatic rings. The average molecular weight is 193 g/mol. The molecule has 0 saturated heterocycles.